The maximum Gasteiger partial charge on any atom is 0.338 e. The number of carbonyl (C=O) groups is 3. The number of hydrogen-bond acceptors (Lipinski definition) is 4. The van der Waals surface area contributed by atoms with Crippen LogP contribution >= 0.6 is 0 Å². The lowest BCUT2D eigenvalue weighted by Crippen LogP contribution is -2.31. The topological polar surface area (TPSA) is 75.7 Å². The number of hydrogen-bond donors (Lipinski definition) is 1. The molecule has 3 rings (SSSR count). The Balaban J connectivity index is 1.48. The molecule has 1 saturated heterocycles. The average Bonchev–Trinajstić information content (AvgIpc) is 3.16. The zero-order valence-electron chi connectivity index (χ0n) is 15.9. The molecule has 0 aliphatic carbocycles. The van der Waals surface area contributed by atoms with E-state index < -0.39 is 5.97 Å². The molecule has 2 aromatic rings. The second-order valence-electron chi connectivity index (χ2n) is 6.89. The van der Waals surface area contributed by atoms with Gasteiger partial charge in [0.2, 0.25) is 5.91 Å². The predicted octanol–water partition coefficient (Wildman–Crippen LogP) is 2.89. The van der Waals surface area contributed by atoms with Crippen molar-refractivity contribution in [3.05, 3.63) is 65.7 Å². The summed E-state index contributed by atoms with van der Waals surface area (Å²) in [6.45, 7) is 2.80. The van der Waals surface area contributed by atoms with Crippen LogP contribution in [-0.2, 0) is 14.3 Å². The van der Waals surface area contributed by atoms with Crippen molar-refractivity contribution in [2.75, 3.05) is 24.6 Å². The van der Waals surface area contributed by atoms with E-state index in [1.807, 2.05) is 37.3 Å². The number of ether oxygens (including phenoxy) is 1. The summed E-state index contributed by atoms with van der Waals surface area (Å²) in [5, 5.41) is 2.78. The van der Waals surface area contributed by atoms with Gasteiger partial charge in [-0.3, -0.25) is 9.59 Å². The summed E-state index contributed by atoms with van der Waals surface area (Å²) in [6.07, 6.45) is 1.34. The maximum atomic E-state index is 12.3. The van der Waals surface area contributed by atoms with Gasteiger partial charge >= 0.3 is 5.97 Å². The fourth-order valence-electron chi connectivity index (χ4n) is 3.15. The first-order valence-corrected chi connectivity index (χ1v) is 9.44. The number of carbonyl (C=O) groups excluding carboxylic acids is 3. The van der Waals surface area contributed by atoms with Gasteiger partial charge in [-0.2, -0.15) is 0 Å². The van der Waals surface area contributed by atoms with Crippen LogP contribution in [0.5, 0.6) is 0 Å². The molecule has 1 aliphatic heterocycles. The Labute approximate surface area is 164 Å². The van der Waals surface area contributed by atoms with Crippen LogP contribution in [0.15, 0.2) is 54.6 Å². The fourth-order valence-corrected chi connectivity index (χ4v) is 3.15. The largest absolute Gasteiger partial charge is 0.452 e. The molecule has 2 aromatic carbocycles. The van der Waals surface area contributed by atoms with Crippen LogP contribution in [-0.4, -0.2) is 37.5 Å². The smallest absolute Gasteiger partial charge is 0.338 e. The second kappa shape index (κ2) is 9.17. The summed E-state index contributed by atoms with van der Waals surface area (Å²) < 4.78 is 5.12. The third-order valence-corrected chi connectivity index (χ3v) is 4.78. The third kappa shape index (κ3) is 4.97. The zero-order chi connectivity index (χ0) is 19.9. The van der Waals surface area contributed by atoms with E-state index in [4.69, 9.17) is 4.74 Å². The number of nitrogens with zero attached hydrogens (tertiary/aromatic N) is 1. The Morgan fingerprint density at radius 1 is 1.14 bits per heavy atom. The number of rotatable bonds is 7. The van der Waals surface area contributed by atoms with Gasteiger partial charge in [0.05, 0.1) is 5.56 Å². The number of esters is 1. The summed E-state index contributed by atoms with van der Waals surface area (Å²) in [7, 11) is 0. The van der Waals surface area contributed by atoms with Crippen molar-refractivity contribution in [1.29, 1.82) is 0 Å². The van der Waals surface area contributed by atoms with E-state index >= 15 is 0 Å². The highest BCUT2D eigenvalue weighted by Gasteiger charge is 2.22. The monoisotopic (exact) mass is 380 g/mol. The standard InChI is InChI=1S/C22H24N2O4/c1-16(17-7-3-2-4-8-17)14-23-20(25)15-28-22(27)18-9-5-10-19(13-18)24-12-6-11-21(24)26/h2-5,7-10,13,16H,6,11-12,14-15H2,1H3,(H,23,25)/t16-/m0/s1. The Morgan fingerprint density at radius 3 is 2.64 bits per heavy atom. The summed E-state index contributed by atoms with van der Waals surface area (Å²) in [5.41, 5.74) is 2.13. The van der Waals surface area contributed by atoms with Gasteiger partial charge in [-0.05, 0) is 36.1 Å². The van der Waals surface area contributed by atoms with Crippen molar-refractivity contribution in [3.63, 3.8) is 0 Å². The first-order valence-electron chi connectivity index (χ1n) is 9.44. The van der Waals surface area contributed by atoms with Crippen LogP contribution in [0.25, 0.3) is 0 Å². The van der Waals surface area contributed by atoms with E-state index in [1.54, 1.807) is 29.2 Å². The Morgan fingerprint density at radius 2 is 1.93 bits per heavy atom. The minimum absolute atomic E-state index is 0.0532. The molecule has 0 bridgehead atoms. The zero-order valence-corrected chi connectivity index (χ0v) is 15.9. The van der Waals surface area contributed by atoms with Crippen LogP contribution in [0, 0.1) is 0 Å². The Bertz CT molecular complexity index is 851. The molecule has 0 saturated carbocycles. The molecular formula is C22H24N2O4. The number of anilines is 1. The maximum absolute atomic E-state index is 12.3. The van der Waals surface area contributed by atoms with Crippen LogP contribution in [0.1, 0.15) is 41.6 Å². The van der Waals surface area contributed by atoms with E-state index in [-0.39, 0.29) is 24.3 Å². The third-order valence-electron chi connectivity index (χ3n) is 4.78. The van der Waals surface area contributed by atoms with Crippen molar-refractivity contribution >= 4 is 23.5 Å². The Kier molecular flexibility index (Phi) is 6.42. The molecule has 28 heavy (non-hydrogen) atoms. The molecule has 0 spiro atoms. The molecule has 6 nitrogen and oxygen atoms in total. The highest BCUT2D eigenvalue weighted by atomic mass is 16.5. The molecule has 0 aromatic heterocycles. The van der Waals surface area contributed by atoms with Crippen molar-refractivity contribution in [2.45, 2.75) is 25.7 Å². The summed E-state index contributed by atoms with van der Waals surface area (Å²) in [6, 6.07) is 16.6. The molecule has 2 amide bonds. The molecule has 0 radical (unpaired) electrons. The normalized spacial score (nSPS) is 14.6. The molecule has 1 N–H and O–H groups in total. The molecule has 1 heterocycles. The predicted molar refractivity (Wildman–Crippen MR) is 106 cm³/mol. The lowest BCUT2D eigenvalue weighted by Gasteiger charge is -2.16. The van der Waals surface area contributed by atoms with Crippen LogP contribution in [0.4, 0.5) is 5.69 Å². The summed E-state index contributed by atoms with van der Waals surface area (Å²) in [5.74, 6) is -0.713. The van der Waals surface area contributed by atoms with Crippen LogP contribution < -0.4 is 10.2 Å². The van der Waals surface area contributed by atoms with E-state index in [2.05, 4.69) is 5.32 Å². The van der Waals surface area contributed by atoms with Crippen LogP contribution in [0.2, 0.25) is 0 Å². The number of nitrogens with one attached hydrogen (secondary N) is 1. The lowest BCUT2D eigenvalue weighted by atomic mass is 10.0. The van der Waals surface area contributed by atoms with Gasteiger partial charge in [0.25, 0.3) is 5.91 Å². The highest BCUT2D eigenvalue weighted by molar-refractivity contribution is 5.97. The van der Waals surface area contributed by atoms with Crippen molar-refractivity contribution in [3.8, 4) is 0 Å². The lowest BCUT2D eigenvalue weighted by molar-refractivity contribution is -0.124. The fraction of sp³-hybridized carbons (Fsp3) is 0.318. The number of amides is 2. The van der Waals surface area contributed by atoms with Crippen LogP contribution in [0.3, 0.4) is 0 Å². The van der Waals surface area contributed by atoms with Gasteiger partial charge in [-0.15, -0.1) is 0 Å². The van der Waals surface area contributed by atoms with Crippen molar-refractivity contribution in [1.82, 2.24) is 5.32 Å². The highest BCUT2D eigenvalue weighted by Crippen LogP contribution is 2.22. The quantitative estimate of drug-likeness (QED) is 0.750. The van der Waals surface area contributed by atoms with E-state index in [9.17, 15) is 14.4 Å². The summed E-state index contributed by atoms with van der Waals surface area (Å²) >= 11 is 0. The van der Waals surface area contributed by atoms with Gasteiger partial charge in [0, 0.05) is 25.2 Å². The molecule has 0 unspecified atom stereocenters. The van der Waals surface area contributed by atoms with Gasteiger partial charge in [0.1, 0.15) is 0 Å². The summed E-state index contributed by atoms with van der Waals surface area (Å²) in [4.78, 5) is 37.8. The molecular weight excluding hydrogens is 356 g/mol. The van der Waals surface area contributed by atoms with E-state index in [0.717, 1.165) is 12.0 Å². The SMILES string of the molecule is C[C@@H](CNC(=O)COC(=O)c1cccc(N2CCCC2=O)c1)c1ccccc1. The Hall–Kier alpha value is -3.15. The van der Waals surface area contributed by atoms with Gasteiger partial charge in [-0.25, -0.2) is 4.79 Å². The molecule has 1 aliphatic rings. The average molecular weight is 380 g/mol. The first kappa shape index (κ1) is 19.6. The minimum atomic E-state index is -0.584. The van der Waals surface area contributed by atoms with Crippen molar-refractivity contribution in [2.24, 2.45) is 0 Å². The van der Waals surface area contributed by atoms with Gasteiger partial charge in [0.15, 0.2) is 6.61 Å². The van der Waals surface area contributed by atoms with Gasteiger partial charge in [-0.1, -0.05) is 43.3 Å². The van der Waals surface area contributed by atoms with Gasteiger partial charge < -0.3 is 15.0 Å². The van der Waals surface area contributed by atoms with E-state index in [0.29, 0.717) is 30.8 Å². The van der Waals surface area contributed by atoms with E-state index in [1.165, 1.54) is 0 Å². The molecule has 1 fully saturated rings. The minimum Gasteiger partial charge on any atom is -0.452 e. The molecule has 146 valence electrons. The number of benzene rings is 2. The van der Waals surface area contributed by atoms with Crippen molar-refractivity contribution < 1.29 is 19.1 Å². The second-order valence-corrected chi connectivity index (χ2v) is 6.89. The molecule has 1 atom stereocenters. The first-order chi connectivity index (χ1) is 13.5. The molecule has 6 heteroatoms.